The van der Waals surface area contributed by atoms with E-state index in [4.69, 9.17) is 23.2 Å². The normalized spacial score (nSPS) is 32.8. The number of nitrogens with zero attached hydrogens (tertiary/aromatic N) is 2. The highest BCUT2D eigenvalue weighted by atomic mass is 35.5. The van der Waals surface area contributed by atoms with E-state index in [9.17, 15) is 14.7 Å². The minimum Gasteiger partial charge on any atom is -0.507 e. The summed E-state index contributed by atoms with van der Waals surface area (Å²) >= 11 is 11.9. The summed E-state index contributed by atoms with van der Waals surface area (Å²) in [6, 6.07) is -0.188. The van der Waals surface area contributed by atoms with Crippen molar-refractivity contribution >= 4 is 41.2 Å². The standard InChI is InChI=1S/C15H15Cl2N3O3/c1-20-6-8-2-7(5-18-14(8)19-15(20)23)12(21)10-3-9(16)4-11(17)13(10)22/h2,4-5,8-9,14,21H,3,6H2,1H3,(H,19,23)/b12-10-. The van der Waals surface area contributed by atoms with E-state index >= 15 is 0 Å². The van der Waals surface area contributed by atoms with Gasteiger partial charge in [-0.3, -0.25) is 9.79 Å². The maximum atomic E-state index is 12.1. The molecule has 0 saturated carbocycles. The van der Waals surface area contributed by atoms with Crippen LogP contribution in [0.1, 0.15) is 6.42 Å². The van der Waals surface area contributed by atoms with Crippen molar-refractivity contribution in [2.45, 2.75) is 18.0 Å². The molecule has 8 heteroatoms. The Morgan fingerprint density at radius 1 is 1.43 bits per heavy atom. The first-order chi connectivity index (χ1) is 10.9. The number of alkyl halides is 1. The molecule has 3 unspecified atom stereocenters. The zero-order chi connectivity index (χ0) is 16.7. The van der Waals surface area contributed by atoms with Crippen LogP contribution in [0, 0.1) is 5.92 Å². The number of aliphatic imine (C=N–C) groups is 1. The van der Waals surface area contributed by atoms with Gasteiger partial charge in [0.25, 0.3) is 0 Å². The van der Waals surface area contributed by atoms with Gasteiger partial charge >= 0.3 is 6.03 Å². The first-order valence-electron chi connectivity index (χ1n) is 7.12. The monoisotopic (exact) mass is 355 g/mol. The molecule has 2 heterocycles. The van der Waals surface area contributed by atoms with Gasteiger partial charge in [0.15, 0.2) is 0 Å². The van der Waals surface area contributed by atoms with Crippen molar-refractivity contribution in [2.75, 3.05) is 13.6 Å². The Morgan fingerprint density at radius 2 is 2.17 bits per heavy atom. The fraction of sp³-hybridized carbons (Fsp3) is 0.400. The second-order valence-corrected chi connectivity index (χ2v) is 6.70. The molecule has 1 fully saturated rings. The summed E-state index contributed by atoms with van der Waals surface area (Å²) in [5.74, 6) is -0.669. The maximum Gasteiger partial charge on any atom is 0.318 e. The number of fused-ring (bicyclic) bond motifs is 1. The summed E-state index contributed by atoms with van der Waals surface area (Å²) in [5.41, 5.74) is 0.622. The average Bonchev–Trinajstić information content (AvgIpc) is 2.51. The van der Waals surface area contributed by atoms with Crippen LogP contribution in [0.15, 0.2) is 39.1 Å². The van der Waals surface area contributed by atoms with Crippen LogP contribution < -0.4 is 5.32 Å². The molecule has 6 nitrogen and oxygen atoms in total. The zero-order valence-electron chi connectivity index (χ0n) is 12.3. The van der Waals surface area contributed by atoms with Gasteiger partial charge in [0.05, 0.1) is 10.4 Å². The molecule has 0 aromatic carbocycles. The number of hydrogen-bond donors (Lipinski definition) is 2. The van der Waals surface area contributed by atoms with Crippen molar-refractivity contribution in [1.82, 2.24) is 10.2 Å². The number of carbonyl (C=O) groups is 2. The van der Waals surface area contributed by atoms with Crippen molar-refractivity contribution < 1.29 is 14.7 Å². The van der Waals surface area contributed by atoms with E-state index in [0.717, 1.165) is 0 Å². The van der Waals surface area contributed by atoms with Crippen molar-refractivity contribution in [3.8, 4) is 0 Å². The number of urea groups is 1. The van der Waals surface area contributed by atoms with Crippen LogP contribution in [0.25, 0.3) is 0 Å². The molecule has 3 rings (SSSR count). The largest absolute Gasteiger partial charge is 0.507 e. The van der Waals surface area contributed by atoms with Gasteiger partial charge in [-0.05, 0) is 12.5 Å². The molecule has 3 atom stereocenters. The minimum atomic E-state index is -0.439. The van der Waals surface area contributed by atoms with Gasteiger partial charge < -0.3 is 15.3 Å². The van der Waals surface area contributed by atoms with Gasteiger partial charge in [0, 0.05) is 36.9 Å². The molecular weight excluding hydrogens is 341 g/mol. The molecule has 0 aromatic heterocycles. The number of halogens is 2. The van der Waals surface area contributed by atoms with Crippen LogP contribution in [0.2, 0.25) is 0 Å². The number of hydrogen-bond acceptors (Lipinski definition) is 4. The van der Waals surface area contributed by atoms with Gasteiger partial charge in [-0.1, -0.05) is 17.7 Å². The smallest absolute Gasteiger partial charge is 0.318 e. The van der Waals surface area contributed by atoms with Crippen molar-refractivity contribution in [1.29, 1.82) is 0 Å². The SMILES string of the molecule is CN1CC2C=C(/C(O)=C3\CC(Cl)C=C(Cl)C3=O)C=NC2NC1=O. The molecule has 1 aliphatic carbocycles. The summed E-state index contributed by atoms with van der Waals surface area (Å²) in [6.07, 6.45) is 4.58. The first kappa shape index (κ1) is 16.1. The number of nitrogens with one attached hydrogen (secondary N) is 1. The third-order valence-electron chi connectivity index (χ3n) is 4.05. The van der Waals surface area contributed by atoms with E-state index in [0.29, 0.717) is 12.1 Å². The lowest BCUT2D eigenvalue weighted by molar-refractivity contribution is -0.112. The molecule has 23 heavy (non-hydrogen) atoms. The quantitative estimate of drug-likeness (QED) is 0.429. The molecule has 2 amide bonds. The number of ketones is 1. The van der Waals surface area contributed by atoms with Crippen molar-refractivity contribution in [2.24, 2.45) is 10.9 Å². The predicted octanol–water partition coefficient (Wildman–Crippen LogP) is 2.11. The molecular formula is C15H15Cl2N3O3. The molecule has 0 radical (unpaired) electrons. The number of dihydropyridines is 1. The number of allylic oxidation sites excluding steroid dienone is 4. The lowest BCUT2D eigenvalue weighted by Crippen LogP contribution is -2.54. The van der Waals surface area contributed by atoms with Crippen LogP contribution in [0.3, 0.4) is 0 Å². The van der Waals surface area contributed by atoms with E-state index < -0.39 is 11.2 Å². The molecule has 122 valence electrons. The van der Waals surface area contributed by atoms with E-state index in [1.54, 1.807) is 18.0 Å². The first-order valence-corrected chi connectivity index (χ1v) is 7.93. The average molecular weight is 356 g/mol. The topological polar surface area (TPSA) is 82.0 Å². The Kier molecular flexibility index (Phi) is 4.21. The summed E-state index contributed by atoms with van der Waals surface area (Å²) in [5, 5.41) is 12.8. The molecule has 2 N–H and O–H groups in total. The third kappa shape index (κ3) is 3.01. The van der Waals surface area contributed by atoms with Gasteiger partial charge in [-0.25, -0.2) is 4.79 Å². The molecule has 0 spiro atoms. The number of carbonyl (C=O) groups excluding carboxylic acids is 2. The van der Waals surface area contributed by atoms with Gasteiger partial charge in [0.1, 0.15) is 11.9 Å². The lowest BCUT2D eigenvalue weighted by atomic mass is 9.92. The second-order valence-electron chi connectivity index (χ2n) is 5.73. The zero-order valence-corrected chi connectivity index (χ0v) is 13.8. The van der Waals surface area contributed by atoms with Gasteiger partial charge in [-0.15, -0.1) is 11.6 Å². The van der Waals surface area contributed by atoms with Crippen LogP contribution in [-0.4, -0.2) is 53.2 Å². The Morgan fingerprint density at radius 3 is 2.91 bits per heavy atom. The number of rotatable bonds is 1. The third-order valence-corrected chi connectivity index (χ3v) is 4.63. The Balaban J connectivity index is 1.90. The van der Waals surface area contributed by atoms with Crippen molar-refractivity contribution in [3.63, 3.8) is 0 Å². The maximum absolute atomic E-state index is 12.1. The summed E-state index contributed by atoms with van der Waals surface area (Å²) < 4.78 is 0. The Bertz CT molecular complexity index is 696. The van der Waals surface area contributed by atoms with Crippen LogP contribution >= 0.6 is 23.2 Å². The summed E-state index contributed by atoms with van der Waals surface area (Å²) in [7, 11) is 1.68. The fourth-order valence-electron chi connectivity index (χ4n) is 2.81. The van der Waals surface area contributed by atoms with E-state index in [2.05, 4.69) is 10.3 Å². The molecule has 0 aromatic rings. The minimum absolute atomic E-state index is 0.00804. The fourth-order valence-corrected chi connectivity index (χ4v) is 3.42. The highest BCUT2D eigenvalue weighted by Gasteiger charge is 2.33. The Hall–Kier alpha value is -1.79. The van der Waals surface area contributed by atoms with Crippen LogP contribution in [0.5, 0.6) is 0 Å². The number of aliphatic hydroxyl groups is 1. The molecule has 0 bridgehead atoms. The summed E-state index contributed by atoms with van der Waals surface area (Å²) in [6.45, 7) is 0.479. The number of Topliss-reactive ketones (excluding diaryl/α,β-unsaturated/α-hetero) is 1. The van der Waals surface area contributed by atoms with E-state index in [1.165, 1.54) is 12.3 Å². The summed E-state index contributed by atoms with van der Waals surface area (Å²) in [4.78, 5) is 29.5. The van der Waals surface area contributed by atoms with Crippen molar-refractivity contribution in [3.05, 3.63) is 34.1 Å². The predicted molar refractivity (Wildman–Crippen MR) is 87.9 cm³/mol. The number of amides is 2. The highest BCUT2D eigenvalue weighted by molar-refractivity contribution is 6.46. The number of aliphatic hydroxyl groups excluding tert-OH is 1. The highest BCUT2D eigenvalue weighted by Crippen LogP contribution is 2.31. The molecule has 1 saturated heterocycles. The van der Waals surface area contributed by atoms with E-state index in [1.807, 2.05) is 0 Å². The van der Waals surface area contributed by atoms with E-state index in [-0.39, 0.29) is 40.9 Å². The second kappa shape index (κ2) is 6.02. The molecule has 2 aliphatic heterocycles. The Labute approximate surface area is 143 Å². The molecule has 3 aliphatic rings. The van der Waals surface area contributed by atoms with Gasteiger partial charge in [0.2, 0.25) is 5.78 Å². The van der Waals surface area contributed by atoms with Crippen LogP contribution in [-0.2, 0) is 4.79 Å². The lowest BCUT2D eigenvalue weighted by Gasteiger charge is -2.35. The van der Waals surface area contributed by atoms with Gasteiger partial charge in [-0.2, -0.15) is 0 Å². The van der Waals surface area contributed by atoms with Crippen LogP contribution in [0.4, 0.5) is 4.79 Å².